The first-order valence-corrected chi connectivity index (χ1v) is 5.18. The Kier molecular flexibility index (Phi) is 3.94. The zero-order valence-electron chi connectivity index (χ0n) is 9.64. The molecule has 1 rings (SSSR count). The monoisotopic (exact) mass is 234 g/mol. The van der Waals surface area contributed by atoms with E-state index < -0.39 is 17.7 Å². The lowest BCUT2D eigenvalue weighted by Gasteiger charge is -2.15. The number of nitrogens with zero attached hydrogens (tertiary/aromatic N) is 1. The summed E-state index contributed by atoms with van der Waals surface area (Å²) in [6, 6.07) is 5.42. The normalized spacial score (nSPS) is 11.9. The number of hydrogen-bond donors (Lipinski definition) is 3. The summed E-state index contributed by atoms with van der Waals surface area (Å²) >= 11 is 0. The third-order valence-electron chi connectivity index (χ3n) is 2.35. The zero-order valence-corrected chi connectivity index (χ0v) is 9.64. The fraction of sp³-hybridized carbons (Fsp3) is 0.333. The second-order valence-electron chi connectivity index (χ2n) is 4.00. The zero-order chi connectivity index (χ0) is 13.0. The summed E-state index contributed by atoms with van der Waals surface area (Å²) < 4.78 is 0. The highest BCUT2D eigenvalue weighted by Crippen LogP contribution is 2.28. The number of hydrogen-bond acceptors (Lipinski definition) is 4. The fourth-order valence-electron chi connectivity index (χ4n) is 1.28. The predicted octanol–water partition coefficient (Wildman–Crippen LogP) is 1.38. The van der Waals surface area contributed by atoms with E-state index in [1.165, 1.54) is 18.2 Å². The first-order valence-electron chi connectivity index (χ1n) is 5.18. The number of aromatic hydroxyl groups is 2. The number of rotatable bonds is 3. The van der Waals surface area contributed by atoms with Gasteiger partial charge in [0.2, 0.25) is 0 Å². The van der Waals surface area contributed by atoms with Crippen LogP contribution in [0.1, 0.15) is 24.2 Å². The van der Waals surface area contributed by atoms with E-state index in [1.54, 1.807) is 13.8 Å². The largest absolute Gasteiger partial charge is 0.504 e. The van der Waals surface area contributed by atoms with Crippen LogP contribution in [0, 0.1) is 17.2 Å². The van der Waals surface area contributed by atoms with Gasteiger partial charge in [0.05, 0.1) is 11.6 Å². The SMILES string of the molecule is CC(C)C(C#N)NC(=O)c1cccc(O)c1O. The molecule has 90 valence electrons. The molecule has 3 N–H and O–H groups in total. The standard InChI is InChI=1S/C12H14N2O3/c1-7(2)9(6-13)14-12(17)8-4-3-5-10(15)11(8)16/h3-5,7,9,15-16H,1-2H3,(H,14,17). The number of amides is 1. The molecule has 0 aliphatic carbocycles. The molecule has 0 aliphatic heterocycles. The van der Waals surface area contributed by atoms with Crippen LogP contribution in [0.15, 0.2) is 18.2 Å². The van der Waals surface area contributed by atoms with E-state index in [1.807, 2.05) is 6.07 Å². The summed E-state index contributed by atoms with van der Waals surface area (Å²) in [4.78, 5) is 11.8. The predicted molar refractivity (Wildman–Crippen MR) is 61.5 cm³/mol. The number of phenolic OH excluding ortho intramolecular Hbond substituents is 2. The number of carbonyl (C=O) groups excluding carboxylic acids is 1. The summed E-state index contributed by atoms with van der Waals surface area (Å²) in [6.07, 6.45) is 0. The van der Waals surface area contributed by atoms with Gasteiger partial charge in [-0.25, -0.2) is 0 Å². The maximum absolute atomic E-state index is 11.8. The minimum atomic E-state index is -0.635. The Morgan fingerprint density at radius 2 is 2.06 bits per heavy atom. The molecular formula is C12H14N2O3. The average Bonchev–Trinajstić information content (AvgIpc) is 2.28. The first kappa shape index (κ1) is 12.8. The van der Waals surface area contributed by atoms with Gasteiger partial charge in [-0.3, -0.25) is 4.79 Å². The number of para-hydroxylation sites is 1. The molecular weight excluding hydrogens is 220 g/mol. The van der Waals surface area contributed by atoms with Gasteiger partial charge < -0.3 is 15.5 Å². The van der Waals surface area contributed by atoms with Crippen LogP contribution < -0.4 is 5.32 Å². The molecule has 0 heterocycles. The lowest BCUT2D eigenvalue weighted by atomic mass is 10.1. The van der Waals surface area contributed by atoms with Crippen molar-refractivity contribution in [3.63, 3.8) is 0 Å². The van der Waals surface area contributed by atoms with Gasteiger partial charge >= 0.3 is 0 Å². The Hall–Kier alpha value is -2.22. The van der Waals surface area contributed by atoms with Crippen molar-refractivity contribution in [2.24, 2.45) is 5.92 Å². The maximum Gasteiger partial charge on any atom is 0.256 e. The molecule has 0 radical (unpaired) electrons. The van der Waals surface area contributed by atoms with Crippen molar-refractivity contribution in [2.75, 3.05) is 0 Å². The minimum Gasteiger partial charge on any atom is -0.504 e. The highest BCUT2D eigenvalue weighted by Gasteiger charge is 2.19. The Bertz CT molecular complexity index is 463. The van der Waals surface area contributed by atoms with Gasteiger partial charge in [-0.1, -0.05) is 19.9 Å². The first-order chi connectivity index (χ1) is 7.97. The van der Waals surface area contributed by atoms with Crippen LogP contribution in [0.5, 0.6) is 11.5 Å². The summed E-state index contributed by atoms with van der Waals surface area (Å²) in [5, 5.41) is 30.1. The highest BCUT2D eigenvalue weighted by atomic mass is 16.3. The molecule has 5 heteroatoms. The van der Waals surface area contributed by atoms with Crippen molar-refractivity contribution in [1.82, 2.24) is 5.32 Å². The van der Waals surface area contributed by atoms with Crippen molar-refractivity contribution in [3.8, 4) is 17.6 Å². The summed E-state index contributed by atoms with van der Waals surface area (Å²) in [5.41, 5.74) is -0.0501. The van der Waals surface area contributed by atoms with Crippen LogP contribution in [0.25, 0.3) is 0 Å². The van der Waals surface area contributed by atoms with Crippen LogP contribution in [0.2, 0.25) is 0 Å². The third-order valence-corrected chi connectivity index (χ3v) is 2.35. The molecule has 0 aliphatic rings. The van der Waals surface area contributed by atoms with Gasteiger partial charge in [-0.05, 0) is 18.1 Å². The summed E-state index contributed by atoms with van der Waals surface area (Å²) in [7, 11) is 0. The van der Waals surface area contributed by atoms with Gasteiger partial charge in [0, 0.05) is 0 Å². The van der Waals surface area contributed by atoms with Gasteiger partial charge in [-0.15, -0.1) is 0 Å². The average molecular weight is 234 g/mol. The lowest BCUT2D eigenvalue weighted by Crippen LogP contribution is -2.37. The highest BCUT2D eigenvalue weighted by molar-refractivity contribution is 5.97. The summed E-state index contributed by atoms with van der Waals surface area (Å²) in [5.74, 6) is -1.47. The van der Waals surface area contributed by atoms with Crippen LogP contribution in [0.4, 0.5) is 0 Å². The molecule has 17 heavy (non-hydrogen) atoms. The van der Waals surface area contributed by atoms with E-state index in [0.717, 1.165) is 0 Å². The Morgan fingerprint density at radius 1 is 1.41 bits per heavy atom. The van der Waals surface area contributed by atoms with Crippen molar-refractivity contribution < 1.29 is 15.0 Å². The van der Waals surface area contributed by atoms with Crippen molar-refractivity contribution in [3.05, 3.63) is 23.8 Å². The maximum atomic E-state index is 11.8. The van der Waals surface area contributed by atoms with Crippen LogP contribution in [0.3, 0.4) is 0 Å². The molecule has 0 bridgehead atoms. The Balaban J connectivity index is 2.91. The van der Waals surface area contributed by atoms with Crippen molar-refractivity contribution in [1.29, 1.82) is 5.26 Å². The molecule has 1 amide bonds. The number of phenols is 2. The lowest BCUT2D eigenvalue weighted by molar-refractivity contribution is 0.0934. The Morgan fingerprint density at radius 3 is 2.59 bits per heavy atom. The van der Waals surface area contributed by atoms with E-state index >= 15 is 0 Å². The van der Waals surface area contributed by atoms with Gasteiger partial charge in [0.15, 0.2) is 11.5 Å². The van der Waals surface area contributed by atoms with Gasteiger partial charge in [0.1, 0.15) is 6.04 Å². The fourth-order valence-corrected chi connectivity index (χ4v) is 1.28. The molecule has 1 aromatic carbocycles. The molecule has 0 saturated carbocycles. The van der Waals surface area contributed by atoms with Crippen LogP contribution in [-0.2, 0) is 0 Å². The molecule has 1 aromatic rings. The number of nitrogens with one attached hydrogen (secondary N) is 1. The molecule has 1 atom stereocenters. The van der Waals surface area contributed by atoms with E-state index in [-0.39, 0.29) is 17.2 Å². The van der Waals surface area contributed by atoms with Gasteiger partial charge in [0.25, 0.3) is 5.91 Å². The molecule has 0 fully saturated rings. The molecule has 1 unspecified atom stereocenters. The smallest absolute Gasteiger partial charge is 0.256 e. The van der Waals surface area contributed by atoms with Crippen LogP contribution >= 0.6 is 0 Å². The van der Waals surface area contributed by atoms with Gasteiger partial charge in [-0.2, -0.15) is 5.26 Å². The van der Waals surface area contributed by atoms with E-state index in [0.29, 0.717) is 0 Å². The third kappa shape index (κ3) is 2.88. The Labute approximate surface area is 99.3 Å². The van der Waals surface area contributed by atoms with E-state index in [9.17, 15) is 15.0 Å². The molecule has 0 aromatic heterocycles. The van der Waals surface area contributed by atoms with Crippen molar-refractivity contribution in [2.45, 2.75) is 19.9 Å². The van der Waals surface area contributed by atoms with E-state index in [4.69, 9.17) is 5.26 Å². The number of nitriles is 1. The summed E-state index contributed by atoms with van der Waals surface area (Å²) in [6.45, 7) is 3.60. The second kappa shape index (κ2) is 5.21. The minimum absolute atomic E-state index is 0.0385. The molecule has 0 spiro atoms. The number of carbonyl (C=O) groups is 1. The number of benzene rings is 1. The van der Waals surface area contributed by atoms with Crippen molar-refractivity contribution >= 4 is 5.91 Å². The van der Waals surface area contributed by atoms with Crippen LogP contribution in [-0.4, -0.2) is 22.2 Å². The topological polar surface area (TPSA) is 93.4 Å². The quantitative estimate of drug-likeness (QED) is 0.688. The molecule has 5 nitrogen and oxygen atoms in total. The molecule has 0 saturated heterocycles. The second-order valence-corrected chi connectivity index (χ2v) is 4.00. The van der Waals surface area contributed by atoms with E-state index in [2.05, 4.69) is 5.32 Å².